The summed E-state index contributed by atoms with van der Waals surface area (Å²) in [5.74, 6) is 0.420. The Morgan fingerprint density at radius 2 is 2.00 bits per heavy atom. The van der Waals surface area contributed by atoms with E-state index in [-0.39, 0.29) is 12.0 Å². The summed E-state index contributed by atoms with van der Waals surface area (Å²) in [4.78, 5) is 32.6. The number of amides is 2. The van der Waals surface area contributed by atoms with E-state index in [1.54, 1.807) is 24.2 Å². The Labute approximate surface area is 202 Å². The van der Waals surface area contributed by atoms with E-state index in [1.807, 2.05) is 43.3 Å². The molecule has 178 valence electrons. The van der Waals surface area contributed by atoms with Gasteiger partial charge in [-0.3, -0.25) is 9.78 Å². The van der Waals surface area contributed by atoms with Crippen LogP contribution in [0.1, 0.15) is 40.2 Å². The third kappa shape index (κ3) is 5.31. The molecule has 0 saturated carbocycles. The summed E-state index contributed by atoms with van der Waals surface area (Å²) in [7, 11) is 0. The number of aromatic nitrogens is 1. The average molecular weight is 481 g/mol. The first-order valence-corrected chi connectivity index (χ1v) is 12.1. The standard InChI is InChI=1S/C25H28N4O4S/c1-3-32-20-10-6-5-9-19(20)28-23(30)22-18-11-13-29(25(31)33-4-2)16-21(18)34-24(22)27-15-17-8-7-12-26-14-17/h5-10,12,14,27H,3-4,11,13,15-16H2,1-2H3,(H,28,30). The summed E-state index contributed by atoms with van der Waals surface area (Å²) >= 11 is 1.50. The molecule has 0 fully saturated rings. The van der Waals surface area contributed by atoms with Crippen LogP contribution in [0, 0.1) is 0 Å². The molecule has 2 amide bonds. The number of carbonyl (C=O) groups is 2. The highest BCUT2D eigenvalue weighted by Gasteiger charge is 2.30. The van der Waals surface area contributed by atoms with Crippen LogP contribution in [-0.2, 0) is 24.2 Å². The predicted octanol–water partition coefficient (Wildman–Crippen LogP) is 4.92. The number of anilines is 2. The molecule has 0 bridgehead atoms. The van der Waals surface area contributed by atoms with Crippen molar-refractivity contribution in [3.05, 3.63) is 70.4 Å². The molecule has 2 N–H and O–H groups in total. The van der Waals surface area contributed by atoms with Gasteiger partial charge in [0.05, 0.1) is 31.0 Å². The van der Waals surface area contributed by atoms with Gasteiger partial charge >= 0.3 is 6.09 Å². The highest BCUT2D eigenvalue weighted by atomic mass is 32.1. The van der Waals surface area contributed by atoms with Crippen LogP contribution >= 0.6 is 11.3 Å². The van der Waals surface area contributed by atoms with Crippen molar-refractivity contribution in [3.63, 3.8) is 0 Å². The lowest BCUT2D eigenvalue weighted by Gasteiger charge is -2.26. The Balaban J connectivity index is 1.63. The Hall–Kier alpha value is -3.59. The van der Waals surface area contributed by atoms with Gasteiger partial charge in [-0.15, -0.1) is 11.3 Å². The minimum atomic E-state index is -0.330. The lowest BCUT2D eigenvalue weighted by Crippen LogP contribution is -2.36. The number of benzene rings is 1. The van der Waals surface area contributed by atoms with Crippen molar-refractivity contribution in [1.29, 1.82) is 0 Å². The van der Waals surface area contributed by atoms with Crippen LogP contribution in [0.3, 0.4) is 0 Å². The predicted molar refractivity (Wildman–Crippen MR) is 133 cm³/mol. The SMILES string of the molecule is CCOC(=O)N1CCc2c(sc(NCc3cccnc3)c2C(=O)Nc2ccccc2OCC)C1. The van der Waals surface area contributed by atoms with Gasteiger partial charge in [-0.25, -0.2) is 4.79 Å². The second-order valence-electron chi connectivity index (χ2n) is 7.68. The fraction of sp³-hybridized carbons (Fsp3) is 0.320. The topological polar surface area (TPSA) is 92.8 Å². The molecule has 0 spiro atoms. The van der Waals surface area contributed by atoms with Crippen molar-refractivity contribution in [2.75, 3.05) is 30.4 Å². The zero-order valence-electron chi connectivity index (χ0n) is 19.3. The second kappa shape index (κ2) is 11.0. The number of nitrogens with zero attached hydrogens (tertiary/aromatic N) is 2. The number of thiophene rings is 1. The minimum Gasteiger partial charge on any atom is -0.492 e. The summed E-state index contributed by atoms with van der Waals surface area (Å²) in [6.07, 6.45) is 3.77. The molecule has 1 aliphatic rings. The van der Waals surface area contributed by atoms with Crippen molar-refractivity contribution in [3.8, 4) is 5.75 Å². The highest BCUT2D eigenvalue weighted by molar-refractivity contribution is 7.16. The molecule has 8 nitrogen and oxygen atoms in total. The van der Waals surface area contributed by atoms with Gasteiger partial charge in [0.15, 0.2) is 0 Å². The van der Waals surface area contributed by atoms with Crippen molar-refractivity contribution >= 4 is 34.0 Å². The van der Waals surface area contributed by atoms with Gasteiger partial charge in [-0.1, -0.05) is 18.2 Å². The van der Waals surface area contributed by atoms with E-state index in [1.165, 1.54) is 11.3 Å². The Morgan fingerprint density at radius 3 is 2.76 bits per heavy atom. The third-order valence-corrected chi connectivity index (χ3v) is 6.60. The van der Waals surface area contributed by atoms with Crippen LogP contribution < -0.4 is 15.4 Å². The lowest BCUT2D eigenvalue weighted by atomic mass is 10.0. The summed E-state index contributed by atoms with van der Waals surface area (Å²) in [5.41, 5.74) is 3.20. The third-order valence-electron chi connectivity index (χ3n) is 5.42. The summed E-state index contributed by atoms with van der Waals surface area (Å²) < 4.78 is 10.9. The maximum Gasteiger partial charge on any atom is 0.410 e. The Morgan fingerprint density at radius 1 is 1.15 bits per heavy atom. The molecule has 2 aromatic heterocycles. The number of pyridine rings is 1. The first-order chi connectivity index (χ1) is 16.6. The van der Waals surface area contributed by atoms with Crippen LogP contribution in [-0.4, -0.2) is 41.6 Å². The van der Waals surface area contributed by atoms with E-state index in [0.717, 1.165) is 21.0 Å². The Bertz CT molecular complexity index is 1150. The van der Waals surface area contributed by atoms with Gasteiger partial charge in [0, 0.05) is 30.4 Å². The second-order valence-corrected chi connectivity index (χ2v) is 8.78. The summed E-state index contributed by atoms with van der Waals surface area (Å²) in [6.45, 7) is 5.99. The number of para-hydroxylation sites is 2. The fourth-order valence-electron chi connectivity index (χ4n) is 3.86. The molecule has 3 heterocycles. The first kappa shape index (κ1) is 23.6. The van der Waals surface area contributed by atoms with Gasteiger partial charge in [0.1, 0.15) is 10.8 Å². The molecule has 3 aromatic rings. The number of fused-ring (bicyclic) bond motifs is 1. The number of nitrogens with one attached hydrogen (secondary N) is 2. The fourth-order valence-corrected chi connectivity index (χ4v) is 5.12. The minimum absolute atomic E-state index is 0.206. The van der Waals surface area contributed by atoms with Crippen LogP contribution in [0.2, 0.25) is 0 Å². The van der Waals surface area contributed by atoms with E-state index in [2.05, 4.69) is 15.6 Å². The molecule has 0 radical (unpaired) electrons. The largest absolute Gasteiger partial charge is 0.492 e. The quantitative estimate of drug-likeness (QED) is 0.475. The van der Waals surface area contributed by atoms with Crippen molar-refractivity contribution < 1.29 is 19.1 Å². The molecular formula is C25H28N4O4S. The average Bonchev–Trinajstić information content (AvgIpc) is 3.22. The van der Waals surface area contributed by atoms with Gasteiger partial charge in [0.25, 0.3) is 5.91 Å². The van der Waals surface area contributed by atoms with Crippen molar-refractivity contribution in [2.45, 2.75) is 33.4 Å². The van der Waals surface area contributed by atoms with Crippen LogP contribution in [0.25, 0.3) is 0 Å². The van der Waals surface area contributed by atoms with Crippen LogP contribution in [0.15, 0.2) is 48.8 Å². The maximum absolute atomic E-state index is 13.5. The van der Waals surface area contributed by atoms with E-state index >= 15 is 0 Å². The number of hydrogen-bond donors (Lipinski definition) is 2. The number of rotatable bonds is 8. The van der Waals surface area contributed by atoms with Crippen molar-refractivity contribution in [2.24, 2.45) is 0 Å². The van der Waals surface area contributed by atoms with E-state index < -0.39 is 0 Å². The van der Waals surface area contributed by atoms with Gasteiger partial charge in [-0.05, 0) is 49.6 Å². The zero-order chi connectivity index (χ0) is 23.9. The molecule has 0 atom stereocenters. The normalized spacial score (nSPS) is 12.6. The molecule has 0 saturated heterocycles. The smallest absolute Gasteiger partial charge is 0.410 e. The summed E-state index contributed by atoms with van der Waals surface area (Å²) in [6, 6.07) is 11.3. The molecular weight excluding hydrogens is 452 g/mol. The molecule has 34 heavy (non-hydrogen) atoms. The van der Waals surface area contributed by atoms with Crippen LogP contribution in [0.4, 0.5) is 15.5 Å². The number of ether oxygens (including phenoxy) is 2. The van der Waals surface area contributed by atoms with Crippen molar-refractivity contribution in [1.82, 2.24) is 9.88 Å². The number of carbonyl (C=O) groups excluding carboxylic acids is 2. The Kier molecular flexibility index (Phi) is 7.64. The van der Waals surface area contributed by atoms with Gasteiger partial charge in [0.2, 0.25) is 0 Å². The van der Waals surface area contributed by atoms with Gasteiger partial charge in [-0.2, -0.15) is 0 Å². The van der Waals surface area contributed by atoms with E-state index in [9.17, 15) is 9.59 Å². The molecule has 4 rings (SSSR count). The number of hydrogen-bond acceptors (Lipinski definition) is 7. The summed E-state index contributed by atoms with van der Waals surface area (Å²) in [5, 5.41) is 7.21. The highest BCUT2D eigenvalue weighted by Crippen LogP contribution is 2.38. The monoisotopic (exact) mass is 480 g/mol. The molecule has 0 aliphatic carbocycles. The maximum atomic E-state index is 13.5. The van der Waals surface area contributed by atoms with E-state index in [0.29, 0.717) is 56.3 Å². The van der Waals surface area contributed by atoms with E-state index in [4.69, 9.17) is 9.47 Å². The first-order valence-electron chi connectivity index (χ1n) is 11.3. The zero-order valence-corrected chi connectivity index (χ0v) is 20.1. The molecule has 9 heteroatoms. The molecule has 1 aromatic carbocycles. The molecule has 1 aliphatic heterocycles. The molecule has 0 unspecified atom stereocenters. The van der Waals surface area contributed by atoms with Crippen LogP contribution in [0.5, 0.6) is 5.75 Å². The lowest BCUT2D eigenvalue weighted by molar-refractivity contribution is 0.102. The van der Waals surface area contributed by atoms with Gasteiger partial charge < -0.3 is 25.0 Å².